The van der Waals surface area contributed by atoms with Crippen LogP contribution in [-0.2, 0) is 6.61 Å². The Morgan fingerprint density at radius 3 is 2.85 bits per heavy atom. The van der Waals surface area contributed by atoms with Gasteiger partial charge in [0.25, 0.3) is 5.69 Å². The highest BCUT2D eigenvalue weighted by Crippen LogP contribution is 2.24. The first-order valence-corrected chi connectivity index (χ1v) is 8.63. The van der Waals surface area contributed by atoms with Crippen LogP contribution in [0.1, 0.15) is 26.8 Å². The number of allylic oxidation sites excluding steroid dienone is 1. The maximum Gasteiger partial charge on any atom is 0.272 e. The quantitative estimate of drug-likeness (QED) is 0.252. The minimum atomic E-state index is -0.429. The Bertz CT molecular complexity index is 956. The molecule has 0 saturated carbocycles. The molecule has 0 spiro atoms. The second-order valence-corrected chi connectivity index (χ2v) is 6.42. The Balaban J connectivity index is 1.59. The topological polar surface area (TPSA) is 82.6 Å². The first-order chi connectivity index (χ1) is 12.5. The van der Waals surface area contributed by atoms with Crippen molar-refractivity contribution in [2.24, 2.45) is 0 Å². The van der Waals surface area contributed by atoms with Crippen LogP contribution in [0.3, 0.4) is 0 Å². The Morgan fingerprint density at radius 1 is 1.31 bits per heavy atom. The molecule has 0 atom stereocenters. The summed E-state index contributed by atoms with van der Waals surface area (Å²) in [5, 5.41) is 12.7. The van der Waals surface area contributed by atoms with Crippen LogP contribution in [0.2, 0.25) is 0 Å². The molecule has 0 unspecified atom stereocenters. The van der Waals surface area contributed by atoms with Crippen LogP contribution in [0.4, 0.5) is 5.69 Å². The van der Waals surface area contributed by atoms with E-state index in [0.717, 1.165) is 0 Å². The zero-order valence-corrected chi connectivity index (χ0v) is 14.7. The molecule has 0 amide bonds. The summed E-state index contributed by atoms with van der Waals surface area (Å²) in [6.07, 6.45) is 3.08. The molecule has 0 aliphatic rings. The molecular formula is C19H15NO5S. The minimum Gasteiger partial charge on any atom is -0.486 e. The van der Waals surface area contributed by atoms with Crippen LogP contribution in [0.15, 0.2) is 58.3 Å². The molecule has 26 heavy (non-hydrogen) atoms. The van der Waals surface area contributed by atoms with Crippen LogP contribution < -0.4 is 4.74 Å². The first-order valence-electron chi connectivity index (χ1n) is 7.75. The van der Waals surface area contributed by atoms with Crippen molar-refractivity contribution >= 4 is 28.9 Å². The summed E-state index contributed by atoms with van der Waals surface area (Å²) in [6, 6.07) is 11.7. The number of carbonyl (C=O) groups is 1. The van der Waals surface area contributed by atoms with E-state index in [2.05, 4.69) is 0 Å². The molecule has 6 nitrogen and oxygen atoms in total. The molecule has 0 aliphatic carbocycles. The van der Waals surface area contributed by atoms with Gasteiger partial charge in [-0.3, -0.25) is 14.9 Å². The van der Waals surface area contributed by atoms with Crippen molar-refractivity contribution in [3.05, 3.63) is 86.0 Å². The average molecular weight is 369 g/mol. The Morgan fingerprint density at radius 2 is 2.15 bits per heavy atom. The molecule has 1 aromatic carbocycles. The van der Waals surface area contributed by atoms with Crippen LogP contribution in [0, 0.1) is 17.0 Å². The smallest absolute Gasteiger partial charge is 0.272 e. The van der Waals surface area contributed by atoms with E-state index in [-0.39, 0.29) is 18.1 Å². The minimum absolute atomic E-state index is 0.0539. The zero-order valence-electron chi connectivity index (χ0n) is 13.9. The van der Waals surface area contributed by atoms with Gasteiger partial charge in [-0.2, -0.15) is 0 Å². The monoisotopic (exact) mass is 369 g/mol. The lowest BCUT2D eigenvalue weighted by Crippen LogP contribution is -1.96. The fourth-order valence-corrected chi connectivity index (χ4v) is 2.94. The van der Waals surface area contributed by atoms with E-state index < -0.39 is 4.92 Å². The number of furan rings is 1. The number of nitro groups is 1. The summed E-state index contributed by atoms with van der Waals surface area (Å²) in [6.45, 7) is 1.84. The summed E-state index contributed by atoms with van der Waals surface area (Å²) < 4.78 is 11.2. The number of nitro benzene ring substituents is 1. The van der Waals surface area contributed by atoms with Crippen molar-refractivity contribution in [2.75, 3.05) is 0 Å². The van der Waals surface area contributed by atoms with E-state index in [1.54, 1.807) is 43.3 Å². The number of hydrogen-bond donors (Lipinski definition) is 0. The van der Waals surface area contributed by atoms with Crippen LogP contribution in [-0.4, -0.2) is 10.7 Å². The number of carbonyl (C=O) groups excluding carboxylic acids is 1. The van der Waals surface area contributed by atoms with Gasteiger partial charge in [0.2, 0.25) is 0 Å². The molecule has 0 bridgehead atoms. The molecule has 0 aliphatic heterocycles. The fourth-order valence-electron chi connectivity index (χ4n) is 2.30. The van der Waals surface area contributed by atoms with E-state index in [4.69, 9.17) is 9.15 Å². The van der Waals surface area contributed by atoms with E-state index >= 15 is 0 Å². The second-order valence-electron chi connectivity index (χ2n) is 5.47. The number of hydrogen-bond acceptors (Lipinski definition) is 6. The standard InChI is InChI=1S/C19H15NO5S/c1-13-11-15(6-8-17(13)20(22)23)24-12-16-5-4-14(25-16)7-9-18(21)19-3-2-10-26-19/h2-11H,12H2,1H3/b9-7+. The number of ether oxygens (including phenoxy) is 1. The van der Waals surface area contributed by atoms with Crippen molar-refractivity contribution < 1.29 is 18.9 Å². The second kappa shape index (κ2) is 7.79. The number of thiophene rings is 1. The number of rotatable bonds is 7. The number of nitrogens with zero attached hydrogens (tertiary/aromatic N) is 1. The van der Waals surface area contributed by atoms with Gasteiger partial charge >= 0.3 is 0 Å². The maximum atomic E-state index is 11.9. The third kappa shape index (κ3) is 4.25. The first kappa shape index (κ1) is 17.6. The molecule has 0 fully saturated rings. The Hall–Kier alpha value is -3.19. The van der Waals surface area contributed by atoms with Gasteiger partial charge in [0.15, 0.2) is 5.78 Å². The van der Waals surface area contributed by atoms with Crippen LogP contribution >= 0.6 is 11.3 Å². The molecule has 3 aromatic rings. The highest BCUT2D eigenvalue weighted by Gasteiger charge is 2.11. The molecule has 132 valence electrons. The SMILES string of the molecule is Cc1cc(OCc2ccc(/C=C/C(=O)c3cccs3)o2)ccc1[N+](=O)[O-]. The van der Waals surface area contributed by atoms with Gasteiger partial charge in [0.05, 0.1) is 9.80 Å². The van der Waals surface area contributed by atoms with Crippen molar-refractivity contribution in [2.45, 2.75) is 13.5 Å². The van der Waals surface area contributed by atoms with E-state index in [9.17, 15) is 14.9 Å². The third-order valence-electron chi connectivity index (χ3n) is 3.59. The lowest BCUT2D eigenvalue weighted by Gasteiger charge is -2.05. The lowest BCUT2D eigenvalue weighted by molar-refractivity contribution is -0.385. The predicted molar refractivity (Wildman–Crippen MR) is 98.6 cm³/mol. The largest absolute Gasteiger partial charge is 0.486 e. The average Bonchev–Trinajstić information content (AvgIpc) is 3.29. The molecule has 0 N–H and O–H groups in total. The molecule has 2 heterocycles. The van der Waals surface area contributed by atoms with Crippen LogP contribution in [0.5, 0.6) is 5.75 Å². The van der Waals surface area contributed by atoms with E-state index in [1.165, 1.54) is 23.5 Å². The lowest BCUT2D eigenvalue weighted by atomic mass is 10.2. The van der Waals surface area contributed by atoms with Gasteiger partial charge < -0.3 is 9.15 Å². The van der Waals surface area contributed by atoms with Crippen molar-refractivity contribution in [1.82, 2.24) is 0 Å². The van der Waals surface area contributed by atoms with Gasteiger partial charge in [0.1, 0.15) is 23.9 Å². The highest BCUT2D eigenvalue weighted by molar-refractivity contribution is 7.12. The van der Waals surface area contributed by atoms with Gasteiger partial charge in [0, 0.05) is 11.6 Å². The molecule has 3 rings (SSSR count). The molecule has 7 heteroatoms. The normalized spacial score (nSPS) is 11.0. The van der Waals surface area contributed by atoms with Crippen molar-refractivity contribution in [3.63, 3.8) is 0 Å². The molecular weight excluding hydrogens is 354 g/mol. The summed E-state index contributed by atoms with van der Waals surface area (Å²) in [5.74, 6) is 1.59. The summed E-state index contributed by atoms with van der Waals surface area (Å²) in [4.78, 5) is 23.0. The number of ketones is 1. The van der Waals surface area contributed by atoms with E-state index in [1.807, 2.05) is 11.4 Å². The van der Waals surface area contributed by atoms with Crippen molar-refractivity contribution in [1.29, 1.82) is 0 Å². The molecule has 0 radical (unpaired) electrons. The van der Waals surface area contributed by atoms with E-state index in [0.29, 0.717) is 27.7 Å². The maximum absolute atomic E-state index is 11.9. The molecule has 0 saturated heterocycles. The summed E-state index contributed by atoms with van der Waals surface area (Å²) in [7, 11) is 0. The third-order valence-corrected chi connectivity index (χ3v) is 4.48. The van der Waals surface area contributed by atoms with Crippen LogP contribution in [0.25, 0.3) is 6.08 Å². The van der Waals surface area contributed by atoms with Gasteiger partial charge in [-0.1, -0.05) is 6.07 Å². The zero-order chi connectivity index (χ0) is 18.5. The predicted octanol–water partition coefficient (Wildman–Crippen LogP) is 5.03. The fraction of sp³-hybridized carbons (Fsp3) is 0.105. The summed E-state index contributed by atoms with van der Waals surface area (Å²) in [5.41, 5.74) is 0.584. The number of aryl methyl sites for hydroxylation is 1. The van der Waals surface area contributed by atoms with Gasteiger partial charge in [-0.15, -0.1) is 11.3 Å². The molecule has 2 aromatic heterocycles. The number of benzene rings is 1. The van der Waals surface area contributed by atoms with Crippen molar-refractivity contribution in [3.8, 4) is 5.75 Å². The van der Waals surface area contributed by atoms with Gasteiger partial charge in [-0.05, 0) is 54.8 Å². The Kier molecular flexibility index (Phi) is 5.28. The summed E-state index contributed by atoms with van der Waals surface area (Å²) >= 11 is 1.39. The van der Waals surface area contributed by atoms with Gasteiger partial charge in [-0.25, -0.2) is 0 Å². The highest BCUT2D eigenvalue weighted by atomic mass is 32.1. The Labute approximate surface area is 153 Å².